The van der Waals surface area contributed by atoms with Crippen LogP contribution in [0.4, 0.5) is 0 Å². The van der Waals surface area contributed by atoms with Gasteiger partial charge >= 0.3 is 0 Å². The normalized spacial score (nSPS) is 16.8. The first kappa shape index (κ1) is 14.8. The van der Waals surface area contributed by atoms with E-state index in [2.05, 4.69) is 4.90 Å². The van der Waals surface area contributed by atoms with Crippen molar-refractivity contribution in [2.24, 2.45) is 0 Å². The Balaban J connectivity index is 1.97. The number of carbonyl (C=O) groups excluding carboxylic acids is 1. The quantitative estimate of drug-likeness (QED) is 0.766. The summed E-state index contributed by atoms with van der Waals surface area (Å²) in [4.78, 5) is 14.4. The van der Waals surface area contributed by atoms with Gasteiger partial charge in [0.15, 0.2) is 5.78 Å². The summed E-state index contributed by atoms with van der Waals surface area (Å²) in [5, 5.41) is 0.923. The van der Waals surface area contributed by atoms with Gasteiger partial charge in [-0.1, -0.05) is 42.5 Å². The summed E-state index contributed by atoms with van der Waals surface area (Å²) in [5.41, 5.74) is 0.636. The summed E-state index contributed by atoms with van der Waals surface area (Å²) in [6.07, 6.45) is 6.27. The Hall–Kier alpha value is -0.570. The summed E-state index contributed by atoms with van der Waals surface area (Å²) in [6, 6.07) is 5.62. The highest BCUT2D eigenvalue weighted by Crippen LogP contribution is 2.24. The van der Waals surface area contributed by atoms with Crippen LogP contribution in [0.25, 0.3) is 0 Å². The predicted octanol–water partition coefficient (Wildman–Crippen LogP) is 4.44. The number of Topliss-reactive ketones (excluding diaryl/α,β-unsaturated/α-hetero) is 1. The van der Waals surface area contributed by atoms with Crippen molar-refractivity contribution in [1.29, 1.82) is 0 Å². The molecular weight excluding hydrogens is 281 g/mol. The SMILES string of the molecule is CN(CC(=O)c1ccc(Cl)c(Cl)c1)C1CCCCC1. The molecule has 0 spiro atoms. The zero-order valence-corrected chi connectivity index (χ0v) is 12.7. The summed E-state index contributed by atoms with van der Waals surface area (Å²) in [6.45, 7) is 0.447. The number of carbonyl (C=O) groups is 1. The Labute approximate surface area is 124 Å². The fraction of sp³-hybridized carbons (Fsp3) is 0.533. The van der Waals surface area contributed by atoms with Crippen molar-refractivity contribution < 1.29 is 4.79 Å². The molecule has 0 aliphatic heterocycles. The maximum atomic E-state index is 12.2. The summed E-state index contributed by atoms with van der Waals surface area (Å²) >= 11 is 11.8. The minimum absolute atomic E-state index is 0.103. The average Bonchev–Trinajstić information content (AvgIpc) is 2.42. The van der Waals surface area contributed by atoms with Crippen molar-refractivity contribution in [3.8, 4) is 0 Å². The van der Waals surface area contributed by atoms with Gasteiger partial charge in [0.25, 0.3) is 0 Å². The lowest BCUT2D eigenvalue weighted by Crippen LogP contribution is -2.37. The smallest absolute Gasteiger partial charge is 0.176 e. The van der Waals surface area contributed by atoms with Crippen molar-refractivity contribution in [1.82, 2.24) is 4.90 Å². The fourth-order valence-corrected chi connectivity index (χ4v) is 2.94. The maximum absolute atomic E-state index is 12.2. The van der Waals surface area contributed by atoms with Crippen molar-refractivity contribution in [2.45, 2.75) is 38.1 Å². The van der Waals surface area contributed by atoms with Crippen LogP contribution in [-0.2, 0) is 0 Å². The highest BCUT2D eigenvalue weighted by molar-refractivity contribution is 6.42. The summed E-state index contributed by atoms with van der Waals surface area (Å²) < 4.78 is 0. The molecule has 0 saturated heterocycles. The monoisotopic (exact) mass is 299 g/mol. The number of likely N-dealkylation sites (N-methyl/N-ethyl adjacent to an activating group) is 1. The van der Waals surface area contributed by atoms with Crippen LogP contribution in [0.3, 0.4) is 0 Å². The lowest BCUT2D eigenvalue weighted by molar-refractivity contribution is 0.0899. The van der Waals surface area contributed by atoms with Crippen LogP contribution in [0.2, 0.25) is 10.0 Å². The number of halogens is 2. The molecule has 0 atom stereocenters. The van der Waals surface area contributed by atoms with E-state index in [1.165, 1.54) is 32.1 Å². The van der Waals surface area contributed by atoms with Gasteiger partial charge in [-0.2, -0.15) is 0 Å². The number of hydrogen-bond acceptors (Lipinski definition) is 2. The van der Waals surface area contributed by atoms with Crippen molar-refractivity contribution in [3.05, 3.63) is 33.8 Å². The van der Waals surface area contributed by atoms with Crippen molar-refractivity contribution in [3.63, 3.8) is 0 Å². The van der Waals surface area contributed by atoms with Gasteiger partial charge < -0.3 is 0 Å². The molecule has 104 valence electrons. The second-order valence-corrected chi connectivity index (χ2v) is 6.07. The Morgan fingerprint density at radius 1 is 1.21 bits per heavy atom. The van der Waals surface area contributed by atoms with Crippen LogP contribution in [0.15, 0.2) is 18.2 Å². The third kappa shape index (κ3) is 3.95. The average molecular weight is 300 g/mol. The van der Waals surface area contributed by atoms with Gasteiger partial charge in [0.2, 0.25) is 0 Å². The zero-order valence-electron chi connectivity index (χ0n) is 11.2. The number of rotatable bonds is 4. The summed E-state index contributed by atoms with van der Waals surface area (Å²) in [7, 11) is 2.03. The van der Waals surface area contributed by atoms with E-state index in [0.29, 0.717) is 28.2 Å². The van der Waals surface area contributed by atoms with Crippen LogP contribution in [0.5, 0.6) is 0 Å². The highest BCUT2D eigenvalue weighted by atomic mass is 35.5. The number of benzene rings is 1. The molecule has 19 heavy (non-hydrogen) atoms. The first-order valence-corrected chi connectivity index (χ1v) is 7.52. The van der Waals surface area contributed by atoms with Crippen LogP contribution in [0.1, 0.15) is 42.5 Å². The molecule has 0 unspecified atom stereocenters. The Bertz CT molecular complexity index is 455. The molecule has 0 bridgehead atoms. The highest BCUT2D eigenvalue weighted by Gasteiger charge is 2.20. The Morgan fingerprint density at radius 2 is 1.89 bits per heavy atom. The number of ketones is 1. The van der Waals surface area contributed by atoms with E-state index in [1.54, 1.807) is 18.2 Å². The zero-order chi connectivity index (χ0) is 13.8. The van der Waals surface area contributed by atoms with Crippen LogP contribution >= 0.6 is 23.2 Å². The molecule has 1 saturated carbocycles. The van der Waals surface area contributed by atoms with Crippen molar-refractivity contribution in [2.75, 3.05) is 13.6 Å². The number of hydrogen-bond donors (Lipinski definition) is 0. The van der Waals surface area contributed by atoms with Gasteiger partial charge in [0.1, 0.15) is 0 Å². The van der Waals surface area contributed by atoms with E-state index >= 15 is 0 Å². The maximum Gasteiger partial charge on any atom is 0.176 e. The lowest BCUT2D eigenvalue weighted by atomic mass is 9.94. The van der Waals surface area contributed by atoms with Gasteiger partial charge in [0.05, 0.1) is 16.6 Å². The van der Waals surface area contributed by atoms with E-state index in [0.717, 1.165) is 0 Å². The van der Waals surface area contributed by atoms with E-state index in [1.807, 2.05) is 7.05 Å². The molecule has 0 amide bonds. The molecule has 4 heteroatoms. The van der Waals surface area contributed by atoms with Crippen LogP contribution in [-0.4, -0.2) is 30.3 Å². The third-order valence-electron chi connectivity index (χ3n) is 3.83. The van der Waals surface area contributed by atoms with Crippen LogP contribution < -0.4 is 0 Å². The van der Waals surface area contributed by atoms with Crippen LogP contribution in [0, 0.1) is 0 Å². The minimum atomic E-state index is 0.103. The van der Waals surface area contributed by atoms with Gasteiger partial charge in [0, 0.05) is 11.6 Å². The molecule has 2 nitrogen and oxygen atoms in total. The van der Waals surface area contributed by atoms with Gasteiger partial charge in [-0.15, -0.1) is 0 Å². The van der Waals surface area contributed by atoms with E-state index in [9.17, 15) is 4.79 Å². The van der Waals surface area contributed by atoms with E-state index in [-0.39, 0.29) is 5.78 Å². The van der Waals surface area contributed by atoms with Crippen molar-refractivity contribution >= 4 is 29.0 Å². The van der Waals surface area contributed by atoms with E-state index < -0.39 is 0 Å². The second-order valence-electron chi connectivity index (χ2n) is 5.26. The minimum Gasteiger partial charge on any atom is -0.296 e. The lowest BCUT2D eigenvalue weighted by Gasteiger charge is -2.30. The third-order valence-corrected chi connectivity index (χ3v) is 4.57. The van der Waals surface area contributed by atoms with Gasteiger partial charge in [-0.25, -0.2) is 0 Å². The second kappa shape index (κ2) is 6.74. The molecular formula is C15H19Cl2NO. The first-order valence-electron chi connectivity index (χ1n) is 6.76. The topological polar surface area (TPSA) is 20.3 Å². The predicted molar refractivity (Wildman–Crippen MR) is 80.3 cm³/mol. The van der Waals surface area contributed by atoms with Gasteiger partial charge in [-0.3, -0.25) is 9.69 Å². The number of nitrogens with zero attached hydrogens (tertiary/aromatic N) is 1. The van der Waals surface area contributed by atoms with Gasteiger partial charge in [-0.05, 0) is 38.1 Å². The molecule has 0 radical (unpaired) electrons. The molecule has 1 aromatic rings. The Kier molecular flexibility index (Phi) is 5.26. The molecule has 0 aromatic heterocycles. The molecule has 1 fully saturated rings. The molecule has 0 N–H and O–H groups in total. The van der Waals surface area contributed by atoms with E-state index in [4.69, 9.17) is 23.2 Å². The largest absolute Gasteiger partial charge is 0.296 e. The molecule has 1 aliphatic carbocycles. The molecule has 2 rings (SSSR count). The summed E-state index contributed by atoms with van der Waals surface area (Å²) in [5.74, 6) is 0.103. The Morgan fingerprint density at radius 3 is 2.53 bits per heavy atom. The first-order chi connectivity index (χ1) is 9.08. The molecule has 0 heterocycles. The standard InChI is InChI=1S/C15H19Cl2NO/c1-18(12-5-3-2-4-6-12)10-15(19)11-7-8-13(16)14(17)9-11/h7-9,12H,2-6,10H2,1H3. The molecule has 1 aliphatic rings. The molecule has 1 aromatic carbocycles. The fourth-order valence-electron chi connectivity index (χ4n) is 2.64.